The summed E-state index contributed by atoms with van der Waals surface area (Å²) in [5.74, 6) is 1.66. The number of hydrogen-bond donors (Lipinski definition) is 1. The van der Waals surface area contributed by atoms with Crippen molar-refractivity contribution in [1.29, 1.82) is 0 Å². The van der Waals surface area contributed by atoms with Gasteiger partial charge in [0.25, 0.3) is 0 Å². The molecule has 0 aromatic heterocycles. The van der Waals surface area contributed by atoms with E-state index in [4.69, 9.17) is 4.74 Å². The SMILES string of the molecule is CCCCC(CC)COc1ccc(NC)cc1. The second kappa shape index (κ2) is 7.99. The van der Waals surface area contributed by atoms with Crippen LogP contribution in [0, 0.1) is 5.92 Å². The number of anilines is 1. The van der Waals surface area contributed by atoms with Crippen molar-refractivity contribution >= 4 is 5.69 Å². The molecule has 2 nitrogen and oxygen atoms in total. The molecule has 0 saturated carbocycles. The van der Waals surface area contributed by atoms with Gasteiger partial charge in [-0.25, -0.2) is 0 Å². The first kappa shape index (κ1) is 13.9. The van der Waals surface area contributed by atoms with Gasteiger partial charge in [0.05, 0.1) is 6.61 Å². The Kier molecular flexibility index (Phi) is 6.53. The quantitative estimate of drug-likeness (QED) is 0.724. The maximum Gasteiger partial charge on any atom is 0.119 e. The molecule has 1 aromatic rings. The van der Waals surface area contributed by atoms with Crippen molar-refractivity contribution in [2.24, 2.45) is 5.92 Å². The van der Waals surface area contributed by atoms with Gasteiger partial charge in [-0.2, -0.15) is 0 Å². The lowest BCUT2D eigenvalue weighted by atomic mass is 10.0. The van der Waals surface area contributed by atoms with Gasteiger partial charge in [-0.15, -0.1) is 0 Å². The van der Waals surface area contributed by atoms with E-state index in [0.29, 0.717) is 5.92 Å². The van der Waals surface area contributed by atoms with Gasteiger partial charge in [-0.3, -0.25) is 0 Å². The number of unbranched alkanes of at least 4 members (excludes halogenated alkanes) is 1. The van der Waals surface area contributed by atoms with Crippen LogP contribution in [-0.2, 0) is 0 Å². The molecule has 0 aliphatic rings. The fourth-order valence-corrected chi connectivity index (χ4v) is 1.83. The minimum atomic E-state index is 0.693. The Bertz CT molecular complexity index is 294. The molecular formula is C15H25NO. The lowest BCUT2D eigenvalue weighted by Crippen LogP contribution is -2.11. The molecule has 0 heterocycles. The molecular weight excluding hydrogens is 210 g/mol. The van der Waals surface area contributed by atoms with E-state index in [1.807, 2.05) is 31.3 Å². The van der Waals surface area contributed by atoms with Gasteiger partial charge in [0.1, 0.15) is 5.75 Å². The molecule has 1 rings (SSSR count). The zero-order chi connectivity index (χ0) is 12.5. The van der Waals surface area contributed by atoms with Gasteiger partial charge in [0, 0.05) is 12.7 Å². The lowest BCUT2D eigenvalue weighted by molar-refractivity contribution is 0.233. The van der Waals surface area contributed by atoms with Gasteiger partial charge in [-0.1, -0.05) is 33.1 Å². The van der Waals surface area contributed by atoms with Crippen LogP contribution in [0.15, 0.2) is 24.3 Å². The molecule has 0 fully saturated rings. The summed E-state index contributed by atoms with van der Waals surface area (Å²) in [6, 6.07) is 8.14. The number of rotatable bonds is 8. The highest BCUT2D eigenvalue weighted by Crippen LogP contribution is 2.18. The molecule has 0 saturated heterocycles. The van der Waals surface area contributed by atoms with E-state index in [0.717, 1.165) is 18.0 Å². The summed E-state index contributed by atoms with van der Waals surface area (Å²) >= 11 is 0. The van der Waals surface area contributed by atoms with Gasteiger partial charge in [-0.05, 0) is 36.6 Å². The molecule has 0 amide bonds. The van der Waals surface area contributed by atoms with E-state index in [2.05, 4.69) is 19.2 Å². The highest BCUT2D eigenvalue weighted by molar-refractivity contribution is 5.45. The predicted molar refractivity (Wildman–Crippen MR) is 74.8 cm³/mol. The molecule has 2 heteroatoms. The maximum atomic E-state index is 5.83. The third-order valence-electron chi connectivity index (χ3n) is 3.17. The number of ether oxygens (including phenoxy) is 1. The van der Waals surface area contributed by atoms with Crippen LogP contribution >= 0.6 is 0 Å². The van der Waals surface area contributed by atoms with E-state index in [1.54, 1.807) is 0 Å². The van der Waals surface area contributed by atoms with E-state index in [9.17, 15) is 0 Å². The van der Waals surface area contributed by atoms with Crippen molar-refractivity contribution in [2.45, 2.75) is 39.5 Å². The molecule has 17 heavy (non-hydrogen) atoms. The van der Waals surface area contributed by atoms with Crippen molar-refractivity contribution < 1.29 is 4.74 Å². The Morgan fingerprint density at radius 2 is 1.88 bits per heavy atom. The summed E-state index contributed by atoms with van der Waals surface area (Å²) in [5.41, 5.74) is 1.12. The maximum absolute atomic E-state index is 5.83. The number of hydrogen-bond acceptors (Lipinski definition) is 2. The van der Waals surface area contributed by atoms with Crippen molar-refractivity contribution in [3.8, 4) is 5.75 Å². The predicted octanol–water partition coefficient (Wildman–Crippen LogP) is 4.32. The molecule has 1 aromatic carbocycles. The highest BCUT2D eigenvalue weighted by atomic mass is 16.5. The highest BCUT2D eigenvalue weighted by Gasteiger charge is 2.06. The molecule has 1 N–H and O–H groups in total. The normalized spacial score (nSPS) is 12.2. The lowest BCUT2D eigenvalue weighted by Gasteiger charge is -2.15. The molecule has 0 aliphatic heterocycles. The van der Waals surface area contributed by atoms with Crippen LogP contribution in [-0.4, -0.2) is 13.7 Å². The van der Waals surface area contributed by atoms with Crippen LogP contribution < -0.4 is 10.1 Å². The van der Waals surface area contributed by atoms with Crippen molar-refractivity contribution in [3.05, 3.63) is 24.3 Å². The van der Waals surface area contributed by atoms with Gasteiger partial charge < -0.3 is 10.1 Å². The molecule has 0 spiro atoms. The number of nitrogens with one attached hydrogen (secondary N) is 1. The van der Waals surface area contributed by atoms with Crippen LogP contribution in [0.5, 0.6) is 5.75 Å². The van der Waals surface area contributed by atoms with Crippen LogP contribution in [0.3, 0.4) is 0 Å². The summed E-state index contributed by atoms with van der Waals surface area (Å²) in [6.45, 7) is 5.33. The Hall–Kier alpha value is -1.18. The summed E-state index contributed by atoms with van der Waals surface area (Å²) in [6.07, 6.45) is 5.06. The summed E-state index contributed by atoms with van der Waals surface area (Å²) in [7, 11) is 1.92. The van der Waals surface area contributed by atoms with Crippen LogP contribution in [0.2, 0.25) is 0 Å². The Morgan fingerprint density at radius 1 is 1.18 bits per heavy atom. The number of benzene rings is 1. The van der Waals surface area contributed by atoms with E-state index in [1.165, 1.54) is 25.7 Å². The fraction of sp³-hybridized carbons (Fsp3) is 0.600. The van der Waals surface area contributed by atoms with E-state index < -0.39 is 0 Å². The molecule has 0 aliphatic carbocycles. The third kappa shape index (κ3) is 5.12. The Morgan fingerprint density at radius 3 is 2.41 bits per heavy atom. The van der Waals surface area contributed by atoms with Crippen LogP contribution in [0.25, 0.3) is 0 Å². The van der Waals surface area contributed by atoms with Crippen molar-refractivity contribution in [3.63, 3.8) is 0 Å². The van der Waals surface area contributed by atoms with Gasteiger partial charge >= 0.3 is 0 Å². The Balaban J connectivity index is 2.36. The van der Waals surface area contributed by atoms with Crippen LogP contribution in [0.1, 0.15) is 39.5 Å². The zero-order valence-corrected chi connectivity index (χ0v) is 11.3. The third-order valence-corrected chi connectivity index (χ3v) is 3.17. The minimum absolute atomic E-state index is 0.693. The standard InChI is InChI=1S/C15H25NO/c1-4-6-7-13(5-2)12-17-15-10-8-14(16-3)9-11-15/h8-11,13,16H,4-7,12H2,1-3H3. The molecule has 1 unspecified atom stereocenters. The largest absolute Gasteiger partial charge is 0.493 e. The van der Waals surface area contributed by atoms with Crippen molar-refractivity contribution in [2.75, 3.05) is 19.0 Å². The summed E-state index contributed by atoms with van der Waals surface area (Å²) in [4.78, 5) is 0. The first-order valence-corrected chi connectivity index (χ1v) is 6.70. The first-order chi connectivity index (χ1) is 8.30. The monoisotopic (exact) mass is 235 g/mol. The molecule has 0 radical (unpaired) electrons. The molecule has 1 atom stereocenters. The zero-order valence-electron chi connectivity index (χ0n) is 11.3. The summed E-state index contributed by atoms with van der Waals surface area (Å²) in [5, 5.41) is 3.10. The average Bonchev–Trinajstić information content (AvgIpc) is 2.39. The second-order valence-electron chi connectivity index (χ2n) is 4.50. The smallest absolute Gasteiger partial charge is 0.119 e. The van der Waals surface area contributed by atoms with Crippen molar-refractivity contribution in [1.82, 2.24) is 0 Å². The van der Waals surface area contributed by atoms with Gasteiger partial charge in [0.2, 0.25) is 0 Å². The average molecular weight is 235 g/mol. The molecule has 96 valence electrons. The van der Waals surface area contributed by atoms with E-state index >= 15 is 0 Å². The summed E-state index contributed by atoms with van der Waals surface area (Å²) < 4.78 is 5.83. The molecule has 0 bridgehead atoms. The fourth-order valence-electron chi connectivity index (χ4n) is 1.83. The van der Waals surface area contributed by atoms with Gasteiger partial charge in [0.15, 0.2) is 0 Å². The van der Waals surface area contributed by atoms with E-state index in [-0.39, 0.29) is 0 Å². The second-order valence-corrected chi connectivity index (χ2v) is 4.50. The Labute approximate surface area is 105 Å². The van der Waals surface area contributed by atoms with Crippen LogP contribution in [0.4, 0.5) is 5.69 Å². The first-order valence-electron chi connectivity index (χ1n) is 6.70. The minimum Gasteiger partial charge on any atom is -0.493 e. The topological polar surface area (TPSA) is 21.3 Å².